The molecule has 114 valence electrons. The van der Waals surface area contributed by atoms with E-state index in [0.717, 1.165) is 12.8 Å². The summed E-state index contributed by atoms with van der Waals surface area (Å²) in [5, 5.41) is 9.60. The summed E-state index contributed by atoms with van der Waals surface area (Å²) >= 11 is 1.77. The number of ether oxygens (including phenoxy) is 1. The van der Waals surface area contributed by atoms with Crippen molar-refractivity contribution in [3.63, 3.8) is 0 Å². The Morgan fingerprint density at radius 1 is 1.20 bits per heavy atom. The average molecular weight is 297 g/mol. The predicted molar refractivity (Wildman–Crippen MR) is 87.5 cm³/mol. The molecule has 0 heterocycles. The molecular weight excluding hydrogens is 270 g/mol. The summed E-state index contributed by atoms with van der Waals surface area (Å²) in [4.78, 5) is 0. The first-order chi connectivity index (χ1) is 9.13. The summed E-state index contributed by atoms with van der Waals surface area (Å²) in [5.41, 5.74) is 1.23. The van der Waals surface area contributed by atoms with Crippen molar-refractivity contribution < 1.29 is 9.84 Å². The minimum Gasteiger partial charge on any atom is -0.504 e. The van der Waals surface area contributed by atoms with E-state index in [1.807, 2.05) is 12.1 Å². The zero-order chi connectivity index (χ0) is 15.4. The molecule has 1 aromatic rings. The Hall–Kier alpha value is -0.870. The molecule has 0 atom stereocenters. The van der Waals surface area contributed by atoms with Gasteiger partial charge in [-0.25, -0.2) is 0 Å². The van der Waals surface area contributed by atoms with Gasteiger partial charge in [0.25, 0.3) is 0 Å². The van der Waals surface area contributed by atoms with Gasteiger partial charge in [0.1, 0.15) is 0 Å². The maximum absolute atomic E-state index is 9.60. The van der Waals surface area contributed by atoms with Gasteiger partial charge in [-0.1, -0.05) is 18.0 Å². The molecule has 4 heteroatoms. The van der Waals surface area contributed by atoms with E-state index >= 15 is 0 Å². The number of aromatic hydroxyl groups is 1. The van der Waals surface area contributed by atoms with Gasteiger partial charge in [-0.05, 0) is 65.2 Å². The van der Waals surface area contributed by atoms with Crippen LogP contribution in [0, 0.1) is 0 Å². The number of aryl methyl sites for hydroxylation is 1. The van der Waals surface area contributed by atoms with Gasteiger partial charge in [-0.15, -0.1) is 0 Å². The molecule has 2 N–H and O–H groups in total. The van der Waals surface area contributed by atoms with Crippen molar-refractivity contribution in [3.8, 4) is 11.5 Å². The minimum absolute atomic E-state index is 0.0586. The number of hydrogen-bond donors (Lipinski definition) is 2. The zero-order valence-electron chi connectivity index (χ0n) is 13.4. The lowest BCUT2D eigenvalue weighted by molar-refractivity contribution is 0.372. The molecule has 0 spiro atoms. The third kappa shape index (κ3) is 6.06. The van der Waals surface area contributed by atoms with E-state index in [9.17, 15) is 5.11 Å². The molecule has 1 rings (SSSR count). The second kappa shape index (κ2) is 6.72. The van der Waals surface area contributed by atoms with Crippen LogP contribution >= 0.6 is 11.9 Å². The number of hydrogen-bond acceptors (Lipinski definition) is 4. The first-order valence-corrected chi connectivity index (χ1v) is 7.76. The van der Waals surface area contributed by atoms with Crippen molar-refractivity contribution in [1.82, 2.24) is 4.72 Å². The smallest absolute Gasteiger partial charge is 0.160 e. The standard InChI is InChI=1S/C16H27NO2S/c1-15(2,3)20-17-16(4,5)10-9-12-7-8-13(18)14(11-12)19-6/h7-8,11,17-18H,9-10H2,1-6H3. The highest BCUT2D eigenvalue weighted by Crippen LogP contribution is 2.29. The summed E-state index contributed by atoms with van der Waals surface area (Å²) in [6, 6.07) is 5.55. The molecule has 0 aliphatic carbocycles. The molecule has 0 aromatic heterocycles. The van der Waals surface area contributed by atoms with Crippen LogP contribution in [-0.2, 0) is 6.42 Å². The van der Waals surface area contributed by atoms with Crippen LogP contribution in [0.4, 0.5) is 0 Å². The number of phenols is 1. The second-order valence-electron chi connectivity index (χ2n) is 6.71. The Balaban J connectivity index is 2.57. The third-order valence-electron chi connectivity index (χ3n) is 2.92. The molecule has 0 amide bonds. The van der Waals surface area contributed by atoms with Crippen LogP contribution in [0.2, 0.25) is 0 Å². The topological polar surface area (TPSA) is 41.5 Å². The summed E-state index contributed by atoms with van der Waals surface area (Å²) in [6.45, 7) is 11.0. The number of rotatable bonds is 6. The highest BCUT2D eigenvalue weighted by Gasteiger charge is 2.21. The van der Waals surface area contributed by atoms with E-state index in [1.54, 1.807) is 25.1 Å². The van der Waals surface area contributed by atoms with Gasteiger partial charge in [0.05, 0.1) is 7.11 Å². The molecule has 0 radical (unpaired) electrons. The Kier molecular flexibility index (Phi) is 5.78. The minimum atomic E-state index is 0.0586. The Labute approximate surface area is 127 Å². The van der Waals surface area contributed by atoms with Crippen LogP contribution in [0.25, 0.3) is 0 Å². The van der Waals surface area contributed by atoms with Crippen LogP contribution in [0.1, 0.15) is 46.6 Å². The number of benzene rings is 1. The van der Waals surface area contributed by atoms with Gasteiger partial charge in [-0.2, -0.15) is 0 Å². The fourth-order valence-corrected chi connectivity index (χ4v) is 2.36. The molecular formula is C16H27NO2S. The summed E-state index contributed by atoms with van der Waals surface area (Å²) in [5.74, 6) is 0.731. The van der Waals surface area contributed by atoms with E-state index in [1.165, 1.54) is 5.56 Å². The first-order valence-electron chi connectivity index (χ1n) is 6.94. The molecule has 1 aromatic carbocycles. The molecule has 3 nitrogen and oxygen atoms in total. The van der Waals surface area contributed by atoms with Crippen LogP contribution in [-0.4, -0.2) is 22.5 Å². The second-order valence-corrected chi connectivity index (χ2v) is 8.34. The quantitative estimate of drug-likeness (QED) is 0.774. The van der Waals surface area contributed by atoms with E-state index in [2.05, 4.69) is 39.3 Å². The van der Waals surface area contributed by atoms with E-state index in [-0.39, 0.29) is 16.0 Å². The number of methoxy groups -OCH3 is 1. The van der Waals surface area contributed by atoms with Gasteiger partial charge in [0, 0.05) is 10.3 Å². The molecule has 0 aliphatic rings. The van der Waals surface area contributed by atoms with Crippen molar-refractivity contribution in [2.24, 2.45) is 0 Å². The van der Waals surface area contributed by atoms with E-state index < -0.39 is 0 Å². The number of nitrogens with one attached hydrogen (secondary N) is 1. The summed E-state index contributed by atoms with van der Waals surface area (Å²) < 4.78 is 8.89. The van der Waals surface area contributed by atoms with E-state index in [0.29, 0.717) is 5.75 Å². The zero-order valence-corrected chi connectivity index (χ0v) is 14.2. The maximum Gasteiger partial charge on any atom is 0.160 e. The average Bonchev–Trinajstić information content (AvgIpc) is 2.35. The van der Waals surface area contributed by atoms with Crippen LogP contribution < -0.4 is 9.46 Å². The highest BCUT2D eigenvalue weighted by molar-refractivity contribution is 7.98. The lowest BCUT2D eigenvalue weighted by Crippen LogP contribution is -2.37. The monoisotopic (exact) mass is 297 g/mol. The Morgan fingerprint density at radius 3 is 2.40 bits per heavy atom. The fraction of sp³-hybridized carbons (Fsp3) is 0.625. The lowest BCUT2D eigenvalue weighted by Gasteiger charge is -2.30. The van der Waals surface area contributed by atoms with Gasteiger partial charge >= 0.3 is 0 Å². The molecule has 0 unspecified atom stereocenters. The van der Waals surface area contributed by atoms with Crippen molar-refractivity contribution in [2.75, 3.05) is 7.11 Å². The summed E-state index contributed by atoms with van der Waals surface area (Å²) in [6.07, 6.45) is 1.96. The molecule has 20 heavy (non-hydrogen) atoms. The first kappa shape index (κ1) is 17.2. The SMILES string of the molecule is COc1cc(CCC(C)(C)NSC(C)(C)C)ccc1O. The normalized spacial score (nSPS) is 12.5. The molecule has 0 fully saturated rings. The fourth-order valence-electron chi connectivity index (χ4n) is 1.68. The van der Waals surface area contributed by atoms with Gasteiger partial charge in [-0.3, -0.25) is 4.72 Å². The van der Waals surface area contributed by atoms with Crippen LogP contribution in [0.5, 0.6) is 11.5 Å². The Bertz CT molecular complexity index is 439. The van der Waals surface area contributed by atoms with Gasteiger partial charge in [0.15, 0.2) is 11.5 Å². The van der Waals surface area contributed by atoms with Gasteiger partial charge in [0.2, 0.25) is 0 Å². The molecule has 0 saturated carbocycles. The number of phenolic OH excluding ortho intramolecular Hbond substituents is 1. The predicted octanol–water partition coefficient (Wildman–Crippen LogP) is 4.15. The van der Waals surface area contributed by atoms with Crippen molar-refractivity contribution in [2.45, 2.75) is 57.7 Å². The summed E-state index contributed by atoms with van der Waals surface area (Å²) in [7, 11) is 1.57. The lowest BCUT2D eigenvalue weighted by atomic mass is 9.96. The Morgan fingerprint density at radius 2 is 1.85 bits per heavy atom. The van der Waals surface area contributed by atoms with Crippen molar-refractivity contribution >= 4 is 11.9 Å². The largest absolute Gasteiger partial charge is 0.504 e. The highest BCUT2D eigenvalue weighted by atomic mass is 32.2. The maximum atomic E-state index is 9.60. The molecule has 0 aliphatic heterocycles. The van der Waals surface area contributed by atoms with Crippen LogP contribution in [0.3, 0.4) is 0 Å². The van der Waals surface area contributed by atoms with Crippen molar-refractivity contribution in [3.05, 3.63) is 23.8 Å². The van der Waals surface area contributed by atoms with E-state index in [4.69, 9.17) is 4.74 Å². The van der Waals surface area contributed by atoms with Crippen LogP contribution in [0.15, 0.2) is 18.2 Å². The molecule has 0 saturated heterocycles. The van der Waals surface area contributed by atoms with Crippen molar-refractivity contribution in [1.29, 1.82) is 0 Å². The molecule has 0 bridgehead atoms. The van der Waals surface area contributed by atoms with Gasteiger partial charge < -0.3 is 9.84 Å². The third-order valence-corrected chi connectivity index (χ3v) is 4.18.